The molecule has 2 heterocycles. The molecule has 0 amide bonds. The van der Waals surface area contributed by atoms with Crippen LogP contribution in [0.1, 0.15) is 19.4 Å². The molecule has 0 atom stereocenters. The van der Waals surface area contributed by atoms with Crippen molar-refractivity contribution in [2.75, 3.05) is 24.7 Å². The first-order valence-corrected chi connectivity index (χ1v) is 6.48. The molecule has 0 aliphatic carbocycles. The molecule has 0 N–H and O–H groups in total. The predicted octanol–water partition coefficient (Wildman–Crippen LogP) is 1.99. The van der Waals surface area contributed by atoms with Gasteiger partial charge in [0.2, 0.25) is 5.95 Å². The van der Waals surface area contributed by atoms with E-state index in [-0.39, 0.29) is 5.54 Å². The Hall–Kier alpha value is -0.680. The number of alkyl halides is 1. The maximum atomic E-state index is 5.48. The van der Waals surface area contributed by atoms with Gasteiger partial charge in [-0.15, -0.1) is 0 Å². The van der Waals surface area contributed by atoms with E-state index in [1.807, 2.05) is 12.4 Å². The highest BCUT2D eigenvalue weighted by Crippen LogP contribution is 2.23. The summed E-state index contributed by atoms with van der Waals surface area (Å²) in [5.74, 6) is 0.790. The van der Waals surface area contributed by atoms with Gasteiger partial charge in [-0.25, -0.2) is 9.97 Å². The third-order valence-electron chi connectivity index (χ3n) is 2.73. The number of nitrogens with zero attached hydrogens (tertiary/aromatic N) is 3. The van der Waals surface area contributed by atoms with Gasteiger partial charge in [-0.3, -0.25) is 0 Å². The second-order valence-corrected chi connectivity index (χ2v) is 5.10. The maximum Gasteiger partial charge on any atom is 0.225 e. The van der Waals surface area contributed by atoms with E-state index in [4.69, 9.17) is 4.74 Å². The molecule has 1 aliphatic rings. The molecule has 0 saturated carbocycles. The first kappa shape index (κ1) is 11.8. The molecule has 2 rings (SSSR count). The van der Waals surface area contributed by atoms with Crippen LogP contribution in [0.15, 0.2) is 12.4 Å². The predicted molar refractivity (Wildman–Crippen MR) is 66.9 cm³/mol. The quantitative estimate of drug-likeness (QED) is 0.779. The van der Waals surface area contributed by atoms with Crippen molar-refractivity contribution in [3.8, 4) is 0 Å². The molecule has 1 aromatic rings. The highest BCUT2D eigenvalue weighted by Gasteiger charge is 2.32. The van der Waals surface area contributed by atoms with Gasteiger partial charge in [-0.05, 0) is 19.4 Å². The van der Waals surface area contributed by atoms with E-state index in [0.29, 0.717) is 0 Å². The highest BCUT2D eigenvalue weighted by atomic mass is 79.9. The standard InChI is InChI=1S/C11H16BrN3O/c1-11(2)8-16-4-3-15(11)10-13-6-9(5-12)7-14-10/h6-7H,3-5,8H2,1-2H3. The van der Waals surface area contributed by atoms with Crippen LogP contribution in [-0.2, 0) is 10.1 Å². The van der Waals surface area contributed by atoms with Crippen molar-refractivity contribution in [2.24, 2.45) is 0 Å². The SMILES string of the molecule is CC1(C)COCCN1c1ncc(CBr)cn1. The minimum Gasteiger partial charge on any atom is -0.377 e. The minimum atomic E-state index is -0.0336. The molecule has 16 heavy (non-hydrogen) atoms. The Balaban J connectivity index is 2.21. The fourth-order valence-electron chi connectivity index (χ4n) is 1.79. The minimum absolute atomic E-state index is 0.0336. The maximum absolute atomic E-state index is 5.48. The Kier molecular flexibility index (Phi) is 3.44. The van der Waals surface area contributed by atoms with Crippen LogP contribution in [0.4, 0.5) is 5.95 Å². The van der Waals surface area contributed by atoms with E-state index >= 15 is 0 Å². The van der Waals surface area contributed by atoms with Crippen molar-refractivity contribution >= 4 is 21.9 Å². The van der Waals surface area contributed by atoms with E-state index in [2.05, 4.69) is 44.6 Å². The summed E-state index contributed by atoms with van der Waals surface area (Å²) in [6, 6.07) is 0. The second kappa shape index (κ2) is 4.67. The van der Waals surface area contributed by atoms with Gasteiger partial charge < -0.3 is 9.64 Å². The van der Waals surface area contributed by atoms with E-state index in [1.54, 1.807) is 0 Å². The Morgan fingerprint density at radius 2 is 2.12 bits per heavy atom. The lowest BCUT2D eigenvalue weighted by Gasteiger charge is -2.42. The molecule has 0 bridgehead atoms. The summed E-state index contributed by atoms with van der Waals surface area (Å²) < 4.78 is 5.48. The topological polar surface area (TPSA) is 38.2 Å². The van der Waals surface area contributed by atoms with Gasteiger partial charge in [-0.1, -0.05) is 15.9 Å². The van der Waals surface area contributed by atoms with Crippen LogP contribution < -0.4 is 4.90 Å². The third kappa shape index (κ3) is 2.35. The number of ether oxygens (including phenoxy) is 1. The zero-order chi connectivity index (χ0) is 11.6. The fraction of sp³-hybridized carbons (Fsp3) is 0.636. The van der Waals surface area contributed by atoms with Crippen LogP contribution in [0.25, 0.3) is 0 Å². The molecule has 5 heteroatoms. The number of aromatic nitrogens is 2. The normalized spacial score (nSPS) is 19.8. The fourth-order valence-corrected chi connectivity index (χ4v) is 2.07. The van der Waals surface area contributed by atoms with Crippen molar-refractivity contribution in [1.82, 2.24) is 9.97 Å². The molecule has 1 saturated heterocycles. The Morgan fingerprint density at radius 1 is 1.44 bits per heavy atom. The van der Waals surface area contributed by atoms with Crippen LogP contribution >= 0.6 is 15.9 Å². The summed E-state index contributed by atoms with van der Waals surface area (Å²) in [6.07, 6.45) is 3.73. The molecular formula is C11H16BrN3O. The number of hydrogen-bond donors (Lipinski definition) is 0. The van der Waals surface area contributed by atoms with Crippen LogP contribution in [0.3, 0.4) is 0 Å². The van der Waals surface area contributed by atoms with Crippen LogP contribution in [0.5, 0.6) is 0 Å². The highest BCUT2D eigenvalue weighted by molar-refractivity contribution is 9.08. The van der Waals surface area contributed by atoms with Crippen molar-refractivity contribution in [3.05, 3.63) is 18.0 Å². The third-order valence-corrected chi connectivity index (χ3v) is 3.38. The second-order valence-electron chi connectivity index (χ2n) is 4.54. The van der Waals surface area contributed by atoms with Gasteiger partial charge >= 0.3 is 0 Å². The smallest absolute Gasteiger partial charge is 0.225 e. The van der Waals surface area contributed by atoms with Crippen molar-refractivity contribution < 1.29 is 4.74 Å². The number of hydrogen-bond acceptors (Lipinski definition) is 4. The zero-order valence-electron chi connectivity index (χ0n) is 9.61. The van der Waals surface area contributed by atoms with Gasteiger partial charge in [-0.2, -0.15) is 0 Å². The summed E-state index contributed by atoms with van der Waals surface area (Å²) in [4.78, 5) is 11.0. The van der Waals surface area contributed by atoms with Crippen LogP contribution in [0, 0.1) is 0 Å². The van der Waals surface area contributed by atoms with Crippen molar-refractivity contribution in [3.63, 3.8) is 0 Å². The number of anilines is 1. The lowest BCUT2D eigenvalue weighted by atomic mass is 10.0. The molecule has 1 aliphatic heterocycles. The molecule has 0 spiro atoms. The van der Waals surface area contributed by atoms with Crippen molar-refractivity contribution in [1.29, 1.82) is 0 Å². The largest absolute Gasteiger partial charge is 0.377 e. The van der Waals surface area contributed by atoms with Crippen LogP contribution in [-0.4, -0.2) is 35.3 Å². The summed E-state index contributed by atoms with van der Waals surface area (Å²) in [6.45, 7) is 6.60. The molecule has 0 unspecified atom stereocenters. The average Bonchev–Trinajstić information content (AvgIpc) is 2.29. The summed E-state index contributed by atoms with van der Waals surface area (Å²) in [7, 11) is 0. The number of halogens is 1. The van der Waals surface area contributed by atoms with Crippen LogP contribution in [0.2, 0.25) is 0 Å². The molecule has 1 fully saturated rings. The molecule has 0 aromatic carbocycles. The van der Waals surface area contributed by atoms with Gasteiger partial charge in [0, 0.05) is 24.3 Å². The molecule has 1 aromatic heterocycles. The van der Waals surface area contributed by atoms with Gasteiger partial charge in [0.15, 0.2) is 0 Å². The summed E-state index contributed by atoms with van der Waals surface area (Å²) in [5, 5.41) is 0.791. The number of morpholine rings is 1. The Labute approximate surface area is 104 Å². The van der Waals surface area contributed by atoms with E-state index in [9.17, 15) is 0 Å². The lowest BCUT2D eigenvalue weighted by molar-refractivity contribution is 0.0634. The average molecular weight is 286 g/mol. The van der Waals surface area contributed by atoms with Gasteiger partial charge in [0.25, 0.3) is 0 Å². The molecule has 4 nitrogen and oxygen atoms in total. The van der Waals surface area contributed by atoms with Gasteiger partial charge in [0.05, 0.1) is 18.8 Å². The Bertz CT molecular complexity index is 353. The Morgan fingerprint density at radius 3 is 2.69 bits per heavy atom. The zero-order valence-corrected chi connectivity index (χ0v) is 11.2. The monoisotopic (exact) mass is 285 g/mol. The number of rotatable bonds is 2. The summed E-state index contributed by atoms with van der Waals surface area (Å²) >= 11 is 3.39. The van der Waals surface area contributed by atoms with E-state index in [1.165, 1.54) is 0 Å². The summed E-state index contributed by atoms with van der Waals surface area (Å²) in [5.41, 5.74) is 1.06. The van der Waals surface area contributed by atoms with Gasteiger partial charge in [0.1, 0.15) is 0 Å². The first-order valence-electron chi connectivity index (χ1n) is 5.36. The first-order chi connectivity index (χ1) is 7.63. The lowest BCUT2D eigenvalue weighted by Crippen LogP contribution is -2.53. The van der Waals surface area contributed by atoms with E-state index in [0.717, 1.165) is 36.6 Å². The molecule has 88 valence electrons. The van der Waals surface area contributed by atoms with E-state index < -0.39 is 0 Å². The molecule has 0 radical (unpaired) electrons. The molecular weight excluding hydrogens is 270 g/mol. The van der Waals surface area contributed by atoms with Crippen molar-refractivity contribution in [2.45, 2.75) is 24.7 Å².